The van der Waals surface area contributed by atoms with Gasteiger partial charge in [-0.05, 0) is 30.5 Å². The van der Waals surface area contributed by atoms with Crippen molar-refractivity contribution in [3.63, 3.8) is 0 Å². The lowest BCUT2D eigenvalue weighted by Crippen LogP contribution is -2.18. The van der Waals surface area contributed by atoms with E-state index in [1.807, 2.05) is 6.20 Å². The molecule has 0 unspecified atom stereocenters. The van der Waals surface area contributed by atoms with Gasteiger partial charge in [-0.3, -0.25) is 0 Å². The Hall–Kier alpha value is -1.35. The molecule has 2 nitrogen and oxygen atoms in total. The van der Waals surface area contributed by atoms with Crippen LogP contribution in [0, 0.1) is 13.8 Å². The number of nitrogens with zero attached hydrogens (tertiary/aromatic N) is 2. The first-order chi connectivity index (χ1) is 9.10. The smallest absolute Gasteiger partial charge is 0.131 e. The van der Waals surface area contributed by atoms with Crippen LogP contribution in [0.4, 0.5) is 5.82 Å². The van der Waals surface area contributed by atoms with E-state index >= 15 is 0 Å². The van der Waals surface area contributed by atoms with Gasteiger partial charge in [-0.15, -0.1) is 0 Å². The van der Waals surface area contributed by atoms with Crippen LogP contribution in [-0.2, 0) is 11.9 Å². The van der Waals surface area contributed by atoms with Crippen LogP contribution < -0.4 is 4.90 Å². The van der Waals surface area contributed by atoms with E-state index in [2.05, 4.69) is 77.0 Å². The number of aryl methyl sites for hydroxylation is 2. The van der Waals surface area contributed by atoms with E-state index in [4.69, 9.17) is 0 Å². The molecule has 2 aromatic rings. The SMILES string of the molecule is Cc1ccc(CN(C)c2ncc(CBr)cc2C)cc1. The van der Waals surface area contributed by atoms with Crippen LogP contribution >= 0.6 is 15.9 Å². The highest BCUT2D eigenvalue weighted by Crippen LogP contribution is 2.19. The minimum Gasteiger partial charge on any atom is -0.355 e. The summed E-state index contributed by atoms with van der Waals surface area (Å²) in [5.41, 5.74) is 5.03. The van der Waals surface area contributed by atoms with E-state index in [1.165, 1.54) is 22.3 Å². The van der Waals surface area contributed by atoms with Crippen LogP contribution in [0.15, 0.2) is 36.5 Å². The van der Waals surface area contributed by atoms with Gasteiger partial charge in [0.1, 0.15) is 5.82 Å². The molecular formula is C16H19BrN2. The molecule has 0 N–H and O–H groups in total. The fraction of sp³-hybridized carbons (Fsp3) is 0.312. The molecule has 0 fully saturated rings. The van der Waals surface area contributed by atoms with Gasteiger partial charge in [0, 0.05) is 25.1 Å². The van der Waals surface area contributed by atoms with Gasteiger partial charge in [0.2, 0.25) is 0 Å². The van der Waals surface area contributed by atoms with Gasteiger partial charge in [0.15, 0.2) is 0 Å². The number of anilines is 1. The Bertz CT molecular complexity index is 549. The molecule has 0 aliphatic carbocycles. The minimum absolute atomic E-state index is 0.850. The highest BCUT2D eigenvalue weighted by molar-refractivity contribution is 9.08. The number of rotatable bonds is 4. The summed E-state index contributed by atoms with van der Waals surface area (Å²) in [6.07, 6.45) is 1.93. The highest BCUT2D eigenvalue weighted by atomic mass is 79.9. The van der Waals surface area contributed by atoms with E-state index in [9.17, 15) is 0 Å². The topological polar surface area (TPSA) is 16.1 Å². The maximum atomic E-state index is 4.56. The molecule has 0 bridgehead atoms. The number of halogens is 1. The molecule has 0 saturated carbocycles. The Morgan fingerprint density at radius 3 is 2.37 bits per heavy atom. The molecule has 1 aromatic carbocycles. The zero-order chi connectivity index (χ0) is 13.8. The van der Waals surface area contributed by atoms with Crippen molar-refractivity contribution in [1.29, 1.82) is 0 Å². The van der Waals surface area contributed by atoms with Crippen molar-refractivity contribution in [1.82, 2.24) is 4.98 Å². The summed E-state index contributed by atoms with van der Waals surface area (Å²) in [7, 11) is 2.09. The molecule has 0 amide bonds. The lowest BCUT2D eigenvalue weighted by atomic mass is 10.1. The molecule has 19 heavy (non-hydrogen) atoms. The van der Waals surface area contributed by atoms with E-state index in [0.29, 0.717) is 0 Å². The van der Waals surface area contributed by atoms with Crippen molar-refractivity contribution in [2.75, 3.05) is 11.9 Å². The van der Waals surface area contributed by atoms with Crippen molar-refractivity contribution in [3.05, 3.63) is 58.8 Å². The van der Waals surface area contributed by atoms with Gasteiger partial charge >= 0.3 is 0 Å². The molecule has 0 atom stereocenters. The van der Waals surface area contributed by atoms with Crippen molar-refractivity contribution in [2.45, 2.75) is 25.7 Å². The Balaban J connectivity index is 2.15. The average molecular weight is 319 g/mol. The van der Waals surface area contributed by atoms with Crippen LogP contribution in [-0.4, -0.2) is 12.0 Å². The number of hydrogen-bond acceptors (Lipinski definition) is 2. The fourth-order valence-corrected chi connectivity index (χ4v) is 2.45. The normalized spacial score (nSPS) is 10.5. The monoisotopic (exact) mass is 318 g/mol. The van der Waals surface area contributed by atoms with Crippen molar-refractivity contribution >= 4 is 21.7 Å². The second-order valence-corrected chi connectivity index (χ2v) is 5.52. The summed E-state index contributed by atoms with van der Waals surface area (Å²) < 4.78 is 0. The van der Waals surface area contributed by atoms with Gasteiger partial charge in [-0.2, -0.15) is 0 Å². The third-order valence-corrected chi connectivity index (χ3v) is 3.81. The molecule has 1 aromatic heterocycles. The van der Waals surface area contributed by atoms with Gasteiger partial charge in [0.05, 0.1) is 0 Å². The van der Waals surface area contributed by atoms with Gasteiger partial charge in [-0.1, -0.05) is 51.8 Å². The summed E-state index contributed by atoms with van der Waals surface area (Å²) in [4.78, 5) is 6.75. The highest BCUT2D eigenvalue weighted by Gasteiger charge is 2.07. The predicted molar refractivity (Wildman–Crippen MR) is 84.9 cm³/mol. The van der Waals surface area contributed by atoms with Crippen LogP contribution in [0.5, 0.6) is 0 Å². The van der Waals surface area contributed by atoms with Crippen molar-refractivity contribution in [3.8, 4) is 0 Å². The summed E-state index contributed by atoms with van der Waals surface area (Å²) in [5, 5.41) is 0.850. The Labute approximate surface area is 123 Å². The largest absolute Gasteiger partial charge is 0.355 e. The number of hydrogen-bond donors (Lipinski definition) is 0. The second-order valence-electron chi connectivity index (χ2n) is 4.96. The van der Waals surface area contributed by atoms with Gasteiger partial charge in [0.25, 0.3) is 0 Å². The van der Waals surface area contributed by atoms with Crippen LogP contribution in [0.25, 0.3) is 0 Å². The van der Waals surface area contributed by atoms with Crippen LogP contribution in [0.2, 0.25) is 0 Å². The predicted octanol–water partition coefficient (Wildman–Crippen LogP) is 4.23. The van der Waals surface area contributed by atoms with E-state index in [-0.39, 0.29) is 0 Å². The van der Waals surface area contributed by atoms with E-state index in [1.54, 1.807) is 0 Å². The minimum atomic E-state index is 0.850. The van der Waals surface area contributed by atoms with Gasteiger partial charge in [-0.25, -0.2) is 4.98 Å². The summed E-state index contributed by atoms with van der Waals surface area (Å²) in [6.45, 7) is 5.10. The number of pyridine rings is 1. The average Bonchev–Trinajstić information content (AvgIpc) is 2.41. The van der Waals surface area contributed by atoms with Gasteiger partial charge < -0.3 is 4.90 Å². The first-order valence-electron chi connectivity index (χ1n) is 6.38. The van der Waals surface area contributed by atoms with Crippen molar-refractivity contribution < 1.29 is 0 Å². The lowest BCUT2D eigenvalue weighted by Gasteiger charge is -2.20. The van der Waals surface area contributed by atoms with E-state index < -0.39 is 0 Å². The first-order valence-corrected chi connectivity index (χ1v) is 7.50. The first kappa shape index (κ1) is 14.1. The number of aromatic nitrogens is 1. The molecule has 0 spiro atoms. The molecule has 0 radical (unpaired) electrons. The summed E-state index contributed by atoms with van der Waals surface area (Å²) >= 11 is 3.46. The molecule has 1 heterocycles. The number of benzene rings is 1. The molecular weight excluding hydrogens is 300 g/mol. The molecule has 2 rings (SSSR count). The Morgan fingerprint density at radius 2 is 1.79 bits per heavy atom. The number of alkyl halides is 1. The Kier molecular flexibility index (Phi) is 4.59. The summed E-state index contributed by atoms with van der Waals surface area (Å²) in [5.74, 6) is 1.05. The van der Waals surface area contributed by atoms with Crippen LogP contribution in [0.3, 0.4) is 0 Å². The molecule has 100 valence electrons. The summed E-state index contributed by atoms with van der Waals surface area (Å²) in [6, 6.07) is 10.8. The third-order valence-electron chi connectivity index (χ3n) is 3.16. The zero-order valence-corrected chi connectivity index (χ0v) is 13.2. The zero-order valence-electron chi connectivity index (χ0n) is 11.7. The molecule has 0 saturated heterocycles. The Morgan fingerprint density at radius 1 is 1.11 bits per heavy atom. The van der Waals surface area contributed by atoms with E-state index in [0.717, 1.165) is 17.7 Å². The van der Waals surface area contributed by atoms with Crippen LogP contribution in [0.1, 0.15) is 22.3 Å². The quantitative estimate of drug-likeness (QED) is 0.784. The maximum absolute atomic E-state index is 4.56. The molecule has 0 aliphatic heterocycles. The molecule has 0 aliphatic rings. The molecule has 3 heteroatoms. The second kappa shape index (κ2) is 6.20. The maximum Gasteiger partial charge on any atom is 0.131 e. The third kappa shape index (κ3) is 3.57. The fourth-order valence-electron chi connectivity index (χ4n) is 2.14. The lowest BCUT2D eigenvalue weighted by molar-refractivity contribution is 0.888. The standard InChI is InChI=1S/C16H19BrN2/c1-12-4-6-14(7-5-12)11-19(3)16-13(2)8-15(9-17)10-18-16/h4-8,10H,9,11H2,1-3H3. The van der Waals surface area contributed by atoms with Crippen molar-refractivity contribution in [2.24, 2.45) is 0 Å².